The first kappa shape index (κ1) is 17.0. The van der Waals surface area contributed by atoms with E-state index in [1.165, 1.54) is 0 Å². The summed E-state index contributed by atoms with van der Waals surface area (Å²) in [5.41, 5.74) is 7.24. The number of likely N-dealkylation sites (tertiary alicyclic amines) is 1. The standard InChI is InChI=1S/C18H28N2O2/c1-2-13-22-16-9-6-11-20(12-10-16)18(21)17(19)14-15-7-4-3-5-8-15/h3-5,7-8,16-17H,2,6,9-14,19H2,1H3/t16-,17+/m1/s1. The van der Waals surface area contributed by atoms with E-state index in [4.69, 9.17) is 10.5 Å². The molecular formula is C18H28N2O2. The third-order valence-electron chi connectivity index (χ3n) is 4.16. The van der Waals surface area contributed by atoms with Crippen molar-refractivity contribution in [1.29, 1.82) is 0 Å². The van der Waals surface area contributed by atoms with Gasteiger partial charge in [-0.25, -0.2) is 0 Å². The number of nitrogens with two attached hydrogens (primary N) is 1. The maximum Gasteiger partial charge on any atom is 0.239 e. The van der Waals surface area contributed by atoms with Crippen LogP contribution in [-0.2, 0) is 16.0 Å². The highest BCUT2D eigenvalue weighted by Gasteiger charge is 2.24. The Morgan fingerprint density at radius 3 is 2.82 bits per heavy atom. The second kappa shape index (κ2) is 8.91. The molecule has 0 aromatic heterocycles. The van der Waals surface area contributed by atoms with Gasteiger partial charge >= 0.3 is 0 Å². The zero-order valence-electron chi connectivity index (χ0n) is 13.5. The van der Waals surface area contributed by atoms with Gasteiger partial charge in [-0.05, 0) is 37.7 Å². The molecular weight excluding hydrogens is 276 g/mol. The van der Waals surface area contributed by atoms with Crippen LogP contribution in [0.4, 0.5) is 0 Å². The molecule has 0 spiro atoms. The molecule has 0 aliphatic carbocycles. The van der Waals surface area contributed by atoms with Gasteiger partial charge in [0.15, 0.2) is 0 Å². The van der Waals surface area contributed by atoms with E-state index in [2.05, 4.69) is 6.92 Å². The summed E-state index contributed by atoms with van der Waals surface area (Å²) in [6.45, 7) is 4.49. The highest BCUT2D eigenvalue weighted by atomic mass is 16.5. The van der Waals surface area contributed by atoms with Crippen LogP contribution in [0.15, 0.2) is 30.3 Å². The summed E-state index contributed by atoms with van der Waals surface area (Å²) in [5.74, 6) is 0.0694. The minimum Gasteiger partial charge on any atom is -0.378 e. The molecule has 1 heterocycles. The number of hydrogen-bond acceptors (Lipinski definition) is 3. The van der Waals surface area contributed by atoms with Gasteiger partial charge in [0, 0.05) is 19.7 Å². The van der Waals surface area contributed by atoms with Crippen molar-refractivity contribution in [3.63, 3.8) is 0 Å². The van der Waals surface area contributed by atoms with Crippen LogP contribution in [-0.4, -0.2) is 42.6 Å². The Kier molecular flexibility index (Phi) is 6.87. The number of benzene rings is 1. The van der Waals surface area contributed by atoms with Crippen molar-refractivity contribution < 1.29 is 9.53 Å². The Balaban J connectivity index is 1.84. The van der Waals surface area contributed by atoms with Crippen LogP contribution in [0.5, 0.6) is 0 Å². The molecule has 1 saturated heterocycles. The second-order valence-electron chi connectivity index (χ2n) is 6.05. The van der Waals surface area contributed by atoms with E-state index in [0.29, 0.717) is 12.5 Å². The lowest BCUT2D eigenvalue weighted by Crippen LogP contribution is -2.45. The molecule has 1 amide bonds. The number of carbonyl (C=O) groups excluding carboxylic acids is 1. The van der Waals surface area contributed by atoms with Gasteiger partial charge in [0.1, 0.15) is 0 Å². The Morgan fingerprint density at radius 2 is 2.09 bits per heavy atom. The molecule has 22 heavy (non-hydrogen) atoms. The number of rotatable bonds is 6. The fourth-order valence-corrected chi connectivity index (χ4v) is 2.93. The fraction of sp³-hybridized carbons (Fsp3) is 0.611. The van der Waals surface area contributed by atoms with Gasteiger partial charge in [0.05, 0.1) is 12.1 Å². The van der Waals surface area contributed by atoms with Crippen molar-refractivity contribution in [2.75, 3.05) is 19.7 Å². The third kappa shape index (κ3) is 5.11. The fourth-order valence-electron chi connectivity index (χ4n) is 2.93. The maximum absolute atomic E-state index is 12.5. The first-order valence-electron chi connectivity index (χ1n) is 8.40. The van der Waals surface area contributed by atoms with Crippen molar-refractivity contribution >= 4 is 5.91 Å². The summed E-state index contributed by atoms with van der Waals surface area (Å²) in [4.78, 5) is 14.5. The Morgan fingerprint density at radius 1 is 1.32 bits per heavy atom. The van der Waals surface area contributed by atoms with E-state index < -0.39 is 6.04 Å². The lowest BCUT2D eigenvalue weighted by atomic mass is 10.1. The van der Waals surface area contributed by atoms with Gasteiger partial charge in [-0.2, -0.15) is 0 Å². The lowest BCUT2D eigenvalue weighted by molar-refractivity contribution is -0.132. The van der Waals surface area contributed by atoms with E-state index in [-0.39, 0.29) is 5.91 Å². The predicted molar refractivity (Wildman–Crippen MR) is 88.6 cm³/mol. The predicted octanol–water partition coefficient (Wildman–Crippen LogP) is 2.36. The molecule has 0 bridgehead atoms. The number of nitrogens with zero attached hydrogens (tertiary/aromatic N) is 1. The number of carbonyl (C=O) groups is 1. The largest absolute Gasteiger partial charge is 0.378 e. The Labute approximate surface area is 133 Å². The lowest BCUT2D eigenvalue weighted by Gasteiger charge is -2.24. The molecule has 1 aromatic carbocycles. The van der Waals surface area contributed by atoms with Crippen LogP contribution in [0, 0.1) is 0 Å². The van der Waals surface area contributed by atoms with Crippen LogP contribution in [0.25, 0.3) is 0 Å². The topological polar surface area (TPSA) is 55.6 Å². The van der Waals surface area contributed by atoms with Gasteiger partial charge in [-0.15, -0.1) is 0 Å². The molecule has 2 atom stereocenters. The Hall–Kier alpha value is -1.39. The molecule has 0 radical (unpaired) electrons. The van der Waals surface area contributed by atoms with Gasteiger partial charge < -0.3 is 15.4 Å². The van der Waals surface area contributed by atoms with Gasteiger partial charge in [-0.3, -0.25) is 4.79 Å². The van der Waals surface area contributed by atoms with E-state index >= 15 is 0 Å². The number of hydrogen-bond donors (Lipinski definition) is 1. The second-order valence-corrected chi connectivity index (χ2v) is 6.05. The summed E-state index contributed by atoms with van der Waals surface area (Å²) >= 11 is 0. The zero-order valence-corrected chi connectivity index (χ0v) is 13.5. The molecule has 2 rings (SSSR count). The van der Waals surface area contributed by atoms with E-state index in [9.17, 15) is 4.79 Å². The summed E-state index contributed by atoms with van der Waals surface area (Å²) in [7, 11) is 0. The monoisotopic (exact) mass is 304 g/mol. The average molecular weight is 304 g/mol. The summed E-state index contributed by atoms with van der Waals surface area (Å²) in [6.07, 6.45) is 4.90. The third-order valence-corrected chi connectivity index (χ3v) is 4.16. The van der Waals surface area contributed by atoms with E-state index in [1.54, 1.807) is 0 Å². The highest BCUT2D eigenvalue weighted by Crippen LogP contribution is 2.16. The van der Waals surface area contributed by atoms with Crippen LogP contribution >= 0.6 is 0 Å². The highest BCUT2D eigenvalue weighted by molar-refractivity contribution is 5.82. The summed E-state index contributed by atoms with van der Waals surface area (Å²) in [6, 6.07) is 9.52. The average Bonchev–Trinajstić information content (AvgIpc) is 2.78. The molecule has 1 aromatic rings. The van der Waals surface area contributed by atoms with Crippen molar-refractivity contribution in [3.8, 4) is 0 Å². The molecule has 2 N–H and O–H groups in total. The SMILES string of the molecule is CCCO[C@@H]1CCCN(C(=O)[C@@H](N)Cc2ccccc2)CC1. The molecule has 0 saturated carbocycles. The Bertz CT molecular complexity index is 450. The summed E-state index contributed by atoms with van der Waals surface area (Å²) < 4.78 is 5.83. The molecule has 1 aliphatic rings. The minimum atomic E-state index is -0.449. The van der Waals surface area contributed by atoms with Gasteiger partial charge in [-0.1, -0.05) is 37.3 Å². The van der Waals surface area contributed by atoms with Crippen molar-refractivity contribution in [2.24, 2.45) is 5.73 Å². The summed E-state index contributed by atoms with van der Waals surface area (Å²) in [5, 5.41) is 0. The normalized spacial score (nSPS) is 20.5. The van der Waals surface area contributed by atoms with Crippen molar-refractivity contribution in [2.45, 2.75) is 51.2 Å². The number of ether oxygens (including phenoxy) is 1. The molecule has 1 fully saturated rings. The first-order valence-corrected chi connectivity index (χ1v) is 8.40. The van der Waals surface area contributed by atoms with Crippen LogP contribution in [0.3, 0.4) is 0 Å². The van der Waals surface area contributed by atoms with Crippen LogP contribution in [0.2, 0.25) is 0 Å². The van der Waals surface area contributed by atoms with Gasteiger partial charge in [0.2, 0.25) is 5.91 Å². The first-order chi connectivity index (χ1) is 10.7. The van der Waals surface area contributed by atoms with E-state index in [1.807, 2.05) is 35.2 Å². The van der Waals surface area contributed by atoms with Crippen LogP contribution in [0.1, 0.15) is 38.2 Å². The maximum atomic E-state index is 12.5. The number of amides is 1. The molecule has 4 heteroatoms. The van der Waals surface area contributed by atoms with E-state index in [0.717, 1.165) is 50.9 Å². The van der Waals surface area contributed by atoms with Crippen molar-refractivity contribution in [3.05, 3.63) is 35.9 Å². The van der Waals surface area contributed by atoms with Crippen molar-refractivity contribution in [1.82, 2.24) is 4.90 Å². The minimum absolute atomic E-state index is 0.0694. The van der Waals surface area contributed by atoms with Gasteiger partial charge in [0.25, 0.3) is 0 Å². The molecule has 0 unspecified atom stereocenters. The molecule has 122 valence electrons. The zero-order chi connectivity index (χ0) is 15.8. The molecule has 1 aliphatic heterocycles. The quantitative estimate of drug-likeness (QED) is 0.878. The molecule has 4 nitrogen and oxygen atoms in total. The smallest absolute Gasteiger partial charge is 0.239 e. The van der Waals surface area contributed by atoms with Crippen LogP contribution < -0.4 is 5.73 Å².